The van der Waals surface area contributed by atoms with E-state index in [1.807, 2.05) is 30.3 Å². The molecule has 1 fully saturated rings. The Morgan fingerprint density at radius 3 is 2.36 bits per heavy atom. The van der Waals surface area contributed by atoms with Crippen LogP contribution in [0.2, 0.25) is 0 Å². The first-order valence-electron chi connectivity index (χ1n) is 7.51. The average molecular weight is 295 g/mol. The maximum absolute atomic E-state index is 6.18. The number of fused-ring (bicyclic) bond motifs is 3. The van der Waals surface area contributed by atoms with Crippen LogP contribution in [0.3, 0.4) is 0 Å². The molecule has 22 heavy (non-hydrogen) atoms. The molecule has 2 aromatic heterocycles. The van der Waals surface area contributed by atoms with Crippen molar-refractivity contribution in [3.63, 3.8) is 0 Å². The maximum Gasteiger partial charge on any atom is 0.495 e. The van der Waals surface area contributed by atoms with Crippen molar-refractivity contribution in [3.8, 4) is 0 Å². The smallest absolute Gasteiger partial charge is 0.438 e. The Kier molecular flexibility index (Phi) is 2.72. The van der Waals surface area contributed by atoms with Gasteiger partial charge in [0.25, 0.3) is 0 Å². The van der Waals surface area contributed by atoms with E-state index in [-0.39, 0.29) is 11.2 Å². The van der Waals surface area contributed by atoms with Crippen molar-refractivity contribution in [2.45, 2.75) is 38.9 Å². The highest BCUT2D eigenvalue weighted by atomic mass is 16.7. The monoisotopic (exact) mass is 295 g/mol. The molecule has 0 bridgehead atoms. The summed E-state index contributed by atoms with van der Waals surface area (Å²) in [6.07, 6.45) is 1.74. The minimum absolute atomic E-state index is 0.368. The van der Waals surface area contributed by atoms with E-state index in [9.17, 15) is 0 Å². The van der Waals surface area contributed by atoms with Gasteiger partial charge in [-0.2, -0.15) is 0 Å². The molecule has 1 aromatic carbocycles. The molecule has 5 heteroatoms. The van der Waals surface area contributed by atoms with Gasteiger partial charge in [0.1, 0.15) is 5.58 Å². The summed E-state index contributed by atoms with van der Waals surface area (Å²) in [7, 11) is -0.420. The van der Waals surface area contributed by atoms with E-state index >= 15 is 0 Å². The van der Waals surface area contributed by atoms with Crippen LogP contribution in [0.5, 0.6) is 0 Å². The molecule has 0 unspecified atom stereocenters. The Hall–Kier alpha value is -1.85. The third kappa shape index (κ3) is 1.82. The number of furan rings is 1. The fourth-order valence-electron chi connectivity index (χ4n) is 2.84. The highest BCUT2D eigenvalue weighted by molar-refractivity contribution is 6.65. The van der Waals surface area contributed by atoms with Gasteiger partial charge in [-0.3, -0.25) is 0 Å². The number of hydrogen-bond donors (Lipinski definition) is 0. The third-order valence-electron chi connectivity index (χ3n) is 4.82. The van der Waals surface area contributed by atoms with Crippen LogP contribution in [0.25, 0.3) is 22.1 Å². The molecule has 112 valence electrons. The molecular formula is C17H18BNO3. The number of nitrogens with zero attached hydrogens (tertiary/aromatic N) is 1. The van der Waals surface area contributed by atoms with Crippen LogP contribution in [0.1, 0.15) is 27.7 Å². The van der Waals surface area contributed by atoms with E-state index in [1.54, 1.807) is 6.20 Å². The predicted molar refractivity (Wildman–Crippen MR) is 87.2 cm³/mol. The first kappa shape index (κ1) is 13.8. The SMILES string of the molecule is CC1(C)OB(c2ccnc3oc4ccccc4c23)OC1(C)C. The molecule has 1 saturated heterocycles. The molecule has 0 N–H and O–H groups in total. The number of benzene rings is 1. The van der Waals surface area contributed by atoms with Gasteiger partial charge in [-0.05, 0) is 45.3 Å². The van der Waals surface area contributed by atoms with Crippen LogP contribution in [-0.4, -0.2) is 23.3 Å². The van der Waals surface area contributed by atoms with Crippen LogP contribution in [0.4, 0.5) is 0 Å². The summed E-state index contributed by atoms with van der Waals surface area (Å²) in [4.78, 5) is 4.35. The Balaban J connectivity index is 1.93. The molecule has 1 aliphatic heterocycles. The third-order valence-corrected chi connectivity index (χ3v) is 4.82. The lowest BCUT2D eigenvalue weighted by atomic mass is 9.77. The summed E-state index contributed by atoms with van der Waals surface area (Å²) in [5.41, 5.74) is 1.68. The molecule has 3 aromatic rings. The minimum atomic E-state index is -0.420. The lowest BCUT2D eigenvalue weighted by molar-refractivity contribution is 0.00578. The highest BCUT2D eigenvalue weighted by Crippen LogP contribution is 2.37. The van der Waals surface area contributed by atoms with Crippen molar-refractivity contribution in [1.82, 2.24) is 4.98 Å². The molecule has 0 spiro atoms. The van der Waals surface area contributed by atoms with Crippen LogP contribution >= 0.6 is 0 Å². The summed E-state index contributed by atoms with van der Waals surface area (Å²) >= 11 is 0. The zero-order valence-corrected chi connectivity index (χ0v) is 13.2. The first-order chi connectivity index (χ1) is 10.4. The van der Waals surface area contributed by atoms with Crippen molar-refractivity contribution >= 4 is 34.7 Å². The van der Waals surface area contributed by atoms with Gasteiger partial charge in [0.2, 0.25) is 5.71 Å². The van der Waals surface area contributed by atoms with Gasteiger partial charge in [-0.25, -0.2) is 4.98 Å². The number of para-hydroxylation sites is 1. The number of pyridine rings is 1. The Morgan fingerprint density at radius 1 is 0.955 bits per heavy atom. The first-order valence-corrected chi connectivity index (χ1v) is 7.51. The zero-order valence-electron chi connectivity index (χ0n) is 13.2. The van der Waals surface area contributed by atoms with Gasteiger partial charge in [0.15, 0.2) is 0 Å². The normalized spacial score (nSPS) is 20.1. The fraction of sp³-hybridized carbons (Fsp3) is 0.353. The second kappa shape index (κ2) is 4.34. The summed E-state index contributed by atoms with van der Waals surface area (Å²) in [6, 6.07) is 9.90. The molecule has 4 nitrogen and oxygen atoms in total. The largest absolute Gasteiger partial charge is 0.495 e. The van der Waals surface area contributed by atoms with Gasteiger partial charge in [-0.15, -0.1) is 0 Å². The van der Waals surface area contributed by atoms with Crippen LogP contribution in [0.15, 0.2) is 40.9 Å². The zero-order chi connectivity index (χ0) is 15.5. The van der Waals surface area contributed by atoms with E-state index in [2.05, 4.69) is 32.7 Å². The number of hydrogen-bond acceptors (Lipinski definition) is 4. The molecular weight excluding hydrogens is 277 g/mol. The van der Waals surface area contributed by atoms with E-state index in [4.69, 9.17) is 13.7 Å². The van der Waals surface area contributed by atoms with E-state index in [0.29, 0.717) is 5.71 Å². The van der Waals surface area contributed by atoms with Crippen molar-refractivity contribution < 1.29 is 13.7 Å². The van der Waals surface area contributed by atoms with E-state index < -0.39 is 7.12 Å². The summed E-state index contributed by atoms with van der Waals surface area (Å²) in [5, 5.41) is 2.01. The lowest BCUT2D eigenvalue weighted by Gasteiger charge is -2.32. The Labute approximate surface area is 129 Å². The Bertz CT molecular complexity index is 853. The maximum atomic E-state index is 6.18. The standard InChI is InChI=1S/C17H18BNO3/c1-16(2)17(3,4)22-18(21-16)12-9-10-19-15-14(12)11-7-5-6-8-13(11)20-15/h5-10H,1-4H3. The van der Waals surface area contributed by atoms with Gasteiger partial charge in [0.05, 0.1) is 11.2 Å². The second-order valence-electron chi connectivity index (χ2n) is 6.77. The average Bonchev–Trinajstić information content (AvgIpc) is 2.93. The van der Waals surface area contributed by atoms with Crippen molar-refractivity contribution in [3.05, 3.63) is 36.5 Å². The van der Waals surface area contributed by atoms with Gasteiger partial charge < -0.3 is 13.7 Å². The molecule has 4 rings (SSSR count). The fourth-order valence-corrected chi connectivity index (χ4v) is 2.84. The van der Waals surface area contributed by atoms with E-state index in [1.165, 1.54) is 0 Å². The van der Waals surface area contributed by atoms with Gasteiger partial charge in [-0.1, -0.05) is 18.2 Å². The van der Waals surface area contributed by atoms with Crippen LogP contribution in [-0.2, 0) is 9.31 Å². The van der Waals surface area contributed by atoms with Crippen molar-refractivity contribution in [1.29, 1.82) is 0 Å². The molecule has 1 aliphatic rings. The Morgan fingerprint density at radius 2 is 1.64 bits per heavy atom. The van der Waals surface area contributed by atoms with Crippen molar-refractivity contribution in [2.75, 3.05) is 0 Å². The van der Waals surface area contributed by atoms with Crippen LogP contribution < -0.4 is 5.46 Å². The molecule has 0 atom stereocenters. The highest BCUT2D eigenvalue weighted by Gasteiger charge is 2.52. The van der Waals surface area contributed by atoms with Crippen molar-refractivity contribution in [2.24, 2.45) is 0 Å². The molecule has 0 aliphatic carbocycles. The quantitative estimate of drug-likeness (QED) is 0.646. The number of rotatable bonds is 1. The molecule has 0 saturated carbocycles. The topological polar surface area (TPSA) is 44.5 Å². The molecule has 0 radical (unpaired) electrons. The summed E-state index contributed by atoms with van der Waals surface area (Å²) in [6.45, 7) is 8.22. The van der Waals surface area contributed by atoms with Crippen LogP contribution in [0, 0.1) is 0 Å². The van der Waals surface area contributed by atoms with Gasteiger partial charge in [0, 0.05) is 17.0 Å². The second-order valence-corrected chi connectivity index (χ2v) is 6.77. The van der Waals surface area contributed by atoms with E-state index in [0.717, 1.165) is 21.8 Å². The molecule has 0 amide bonds. The minimum Gasteiger partial charge on any atom is -0.438 e. The molecule has 3 heterocycles. The van der Waals surface area contributed by atoms with Gasteiger partial charge >= 0.3 is 7.12 Å². The lowest BCUT2D eigenvalue weighted by Crippen LogP contribution is -2.41. The summed E-state index contributed by atoms with van der Waals surface area (Å²) < 4.78 is 18.2. The number of aromatic nitrogens is 1. The predicted octanol–water partition coefficient (Wildman–Crippen LogP) is 3.28. The summed E-state index contributed by atoms with van der Waals surface area (Å²) in [5.74, 6) is 0.